The number of rotatable bonds is 5. The van der Waals surface area contributed by atoms with Gasteiger partial charge in [-0.05, 0) is 24.3 Å². The van der Waals surface area contributed by atoms with Crippen LogP contribution >= 0.6 is 0 Å². The molecule has 0 spiro atoms. The van der Waals surface area contributed by atoms with Gasteiger partial charge in [0.15, 0.2) is 0 Å². The fourth-order valence-electron chi connectivity index (χ4n) is 4.01. The number of anilines is 1. The summed E-state index contributed by atoms with van der Waals surface area (Å²) in [6, 6.07) is 40.0. The lowest BCUT2D eigenvalue weighted by atomic mass is 10.0. The Balaban J connectivity index is 1.84. The molecule has 5 aromatic rings. The molecule has 0 atom stereocenters. The summed E-state index contributed by atoms with van der Waals surface area (Å²) in [7, 11) is 4.12. The highest BCUT2D eigenvalue weighted by atomic mass is 15.1. The molecule has 156 valence electrons. The molecule has 0 saturated heterocycles. The molecule has 1 heterocycles. The van der Waals surface area contributed by atoms with E-state index < -0.39 is 0 Å². The molecule has 5 rings (SSSR count). The number of aromatic nitrogens is 2. The zero-order valence-electron chi connectivity index (χ0n) is 18.3. The second-order valence-corrected chi connectivity index (χ2v) is 7.98. The maximum atomic E-state index is 5.21. The van der Waals surface area contributed by atoms with Gasteiger partial charge in [0.25, 0.3) is 0 Å². The van der Waals surface area contributed by atoms with Crippen LogP contribution in [0.2, 0.25) is 0 Å². The largest absolute Gasteiger partial charge is 0.378 e. The first kappa shape index (κ1) is 19.8. The van der Waals surface area contributed by atoms with E-state index in [1.54, 1.807) is 0 Å². The van der Waals surface area contributed by atoms with Crippen molar-refractivity contribution < 1.29 is 0 Å². The van der Waals surface area contributed by atoms with Crippen LogP contribution in [-0.4, -0.2) is 23.6 Å². The first-order valence-electron chi connectivity index (χ1n) is 10.8. The Morgan fingerprint density at radius 2 is 1.06 bits per heavy atom. The van der Waals surface area contributed by atoms with Crippen molar-refractivity contribution in [1.29, 1.82) is 0 Å². The number of hydrogen-bond acceptors (Lipinski definition) is 2. The van der Waals surface area contributed by atoms with Crippen molar-refractivity contribution in [1.82, 2.24) is 9.55 Å². The maximum Gasteiger partial charge on any atom is 0.145 e. The highest BCUT2D eigenvalue weighted by Gasteiger charge is 2.22. The predicted molar refractivity (Wildman–Crippen MR) is 134 cm³/mol. The van der Waals surface area contributed by atoms with Crippen molar-refractivity contribution in [3.05, 3.63) is 115 Å². The Labute approximate surface area is 189 Å². The van der Waals surface area contributed by atoms with Crippen LogP contribution in [0.1, 0.15) is 0 Å². The SMILES string of the molecule is CN(C)c1ccc(-n2c(-c3ccccc3)nc(-c3ccccc3)c2-c2ccccc2)cc1. The molecular formula is C29H25N3. The summed E-state index contributed by atoms with van der Waals surface area (Å²) < 4.78 is 2.28. The van der Waals surface area contributed by atoms with Crippen LogP contribution in [-0.2, 0) is 0 Å². The van der Waals surface area contributed by atoms with E-state index in [-0.39, 0.29) is 0 Å². The van der Waals surface area contributed by atoms with Crippen LogP contribution in [0.4, 0.5) is 5.69 Å². The van der Waals surface area contributed by atoms with Crippen LogP contribution in [0.3, 0.4) is 0 Å². The van der Waals surface area contributed by atoms with Crippen molar-refractivity contribution in [3.8, 4) is 39.6 Å². The van der Waals surface area contributed by atoms with E-state index >= 15 is 0 Å². The second kappa shape index (κ2) is 8.56. The summed E-state index contributed by atoms with van der Waals surface area (Å²) >= 11 is 0. The Bertz CT molecular complexity index is 1300. The van der Waals surface area contributed by atoms with Gasteiger partial charge >= 0.3 is 0 Å². The van der Waals surface area contributed by atoms with Gasteiger partial charge in [0, 0.05) is 42.2 Å². The lowest BCUT2D eigenvalue weighted by Gasteiger charge is -2.16. The van der Waals surface area contributed by atoms with Gasteiger partial charge in [-0.25, -0.2) is 4.98 Å². The molecule has 3 nitrogen and oxygen atoms in total. The van der Waals surface area contributed by atoms with Gasteiger partial charge in [0.2, 0.25) is 0 Å². The molecule has 0 saturated carbocycles. The number of imidazole rings is 1. The van der Waals surface area contributed by atoms with Gasteiger partial charge in [-0.2, -0.15) is 0 Å². The monoisotopic (exact) mass is 415 g/mol. The molecule has 1 aromatic heterocycles. The van der Waals surface area contributed by atoms with Gasteiger partial charge in [0.05, 0.1) is 11.4 Å². The van der Waals surface area contributed by atoms with E-state index in [1.165, 1.54) is 5.69 Å². The predicted octanol–water partition coefficient (Wildman–Crippen LogP) is 6.94. The summed E-state index contributed by atoms with van der Waals surface area (Å²) in [5, 5.41) is 0. The van der Waals surface area contributed by atoms with E-state index in [9.17, 15) is 0 Å². The van der Waals surface area contributed by atoms with Crippen molar-refractivity contribution >= 4 is 5.69 Å². The minimum Gasteiger partial charge on any atom is -0.378 e. The quantitative estimate of drug-likeness (QED) is 0.310. The molecule has 0 N–H and O–H groups in total. The molecule has 0 aliphatic heterocycles. The average Bonchev–Trinajstić information content (AvgIpc) is 3.26. The molecule has 0 radical (unpaired) electrons. The fourth-order valence-corrected chi connectivity index (χ4v) is 4.01. The number of hydrogen-bond donors (Lipinski definition) is 0. The summed E-state index contributed by atoms with van der Waals surface area (Å²) in [5.41, 5.74) is 7.65. The van der Waals surface area contributed by atoms with Gasteiger partial charge in [-0.15, -0.1) is 0 Å². The molecule has 3 heteroatoms. The van der Waals surface area contributed by atoms with Crippen LogP contribution < -0.4 is 4.90 Å². The van der Waals surface area contributed by atoms with Crippen molar-refractivity contribution in [2.75, 3.05) is 19.0 Å². The van der Waals surface area contributed by atoms with Gasteiger partial charge in [0.1, 0.15) is 5.82 Å². The molecule has 0 fully saturated rings. The average molecular weight is 416 g/mol. The standard InChI is InChI=1S/C29H25N3/c1-31(2)25-18-20-26(21-19-25)32-28(23-14-8-4-9-15-23)27(22-12-6-3-7-13-22)30-29(32)24-16-10-5-11-17-24/h3-21H,1-2H3. The Hall–Kier alpha value is -4.11. The molecule has 4 aromatic carbocycles. The van der Waals surface area contributed by atoms with E-state index in [2.05, 4.69) is 127 Å². The van der Waals surface area contributed by atoms with Crippen LogP contribution in [0.15, 0.2) is 115 Å². The van der Waals surface area contributed by atoms with E-state index in [4.69, 9.17) is 4.98 Å². The van der Waals surface area contributed by atoms with Gasteiger partial charge in [-0.1, -0.05) is 91.0 Å². The minimum absolute atomic E-state index is 0.931. The van der Waals surface area contributed by atoms with Crippen molar-refractivity contribution in [2.24, 2.45) is 0 Å². The first-order valence-corrected chi connectivity index (χ1v) is 10.8. The summed E-state index contributed by atoms with van der Waals surface area (Å²) in [5.74, 6) is 0.931. The topological polar surface area (TPSA) is 21.1 Å². The lowest BCUT2D eigenvalue weighted by Crippen LogP contribution is -2.08. The molecule has 0 aliphatic carbocycles. The summed E-state index contributed by atoms with van der Waals surface area (Å²) in [6.07, 6.45) is 0. The highest BCUT2D eigenvalue weighted by molar-refractivity contribution is 5.84. The smallest absolute Gasteiger partial charge is 0.145 e. The zero-order chi connectivity index (χ0) is 21.9. The highest BCUT2D eigenvalue weighted by Crippen LogP contribution is 2.38. The van der Waals surface area contributed by atoms with Crippen LogP contribution in [0, 0.1) is 0 Å². The zero-order valence-corrected chi connectivity index (χ0v) is 18.3. The fraction of sp³-hybridized carbons (Fsp3) is 0.0690. The third-order valence-electron chi connectivity index (χ3n) is 5.63. The Morgan fingerprint density at radius 3 is 1.59 bits per heavy atom. The number of nitrogens with zero attached hydrogens (tertiary/aromatic N) is 3. The molecule has 32 heavy (non-hydrogen) atoms. The van der Waals surface area contributed by atoms with E-state index in [1.807, 2.05) is 12.1 Å². The Kier molecular flexibility index (Phi) is 5.30. The molecule has 0 amide bonds. The molecule has 0 bridgehead atoms. The van der Waals surface area contributed by atoms with Crippen LogP contribution in [0.25, 0.3) is 39.6 Å². The van der Waals surface area contributed by atoms with Gasteiger partial charge in [-0.3, -0.25) is 4.57 Å². The second-order valence-electron chi connectivity index (χ2n) is 7.98. The summed E-state index contributed by atoms with van der Waals surface area (Å²) in [6.45, 7) is 0. The summed E-state index contributed by atoms with van der Waals surface area (Å²) in [4.78, 5) is 7.33. The lowest BCUT2D eigenvalue weighted by molar-refractivity contribution is 1.07. The molecular weight excluding hydrogens is 390 g/mol. The van der Waals surface area contributed by atoms with Crippen molar-refractivity contribution in [2.45, 2.75) is 0 Å². The van der Waals surface area contributed by atoms with Crippen LogP contribution in [0.5, 0.6) is 0 Å². The number of benzene rings is 4. The molecule has 0 unspecified atom stereocenters. The molecule has 0 aliphatic rings. The van der Waals surface area contributed by atoms with E-state index in [0.717, 1.165) is 39.6 Å². The third-order valence-corrected chi connectivity index (χ3v) is 5.63. The van der Waals surface area contributed by atoms with Gasteiger partial charge < -0.3 is 4.90 Å². The normalized spacial score (nSPS) is 10.8. The van der Waals surface area contributed by atoms with E-state index in [0.29, 0.717) is 0 Å². The van der Waals surface area contributed by atoms with Crippen molar-refractivity contribution in [3.63, 3.8) is 0 Å². The maximum absolute atomic E-state index is 5.21. The third kappa shape index (κ3) is 3.69. The Morgan fingerprint density at radius 1 is 0.562 bits per heavy atom. The minimum atomic E-state index is 0.931. The first-order chi connectivity index (χ1) is 15.7.